The first-order chi connectivity index (χ1) is 7.22. The van der Waals surface area contributed by atoms with Gasteiger partial charge in [-0.15, -0.1) is 0 Å². The maximum atomic E-state index is 10.6. The minimum Gasteiger partial charge on any atom is -0.303 e. The van der Waals surface area contributed by atoms with Crippen molar-refractivity contribution >= 4 is 7.82 Å². The molecule has 0 radical (unpaired) electrons. The Morgan fingerprint density at radius 3 is 2.38 bits per heavy atom. The van der Waals surface area contributed by atoms with Crippen molar-refractivity contribution in [3.63, 3.8) is 0 Å². The summed E-state index contributed by atoms with van der Waals surface area (Å²) in [6, 6.07) is 0. The predicted molar refractivity (Wildman–Crippen MR) is 58.9 cm³/mol. The van der Waals surface area contributed by atoms with E-state index in [9.17, 15) is 4.57 Å². The summed E-state index contributed by atoms with van der Waals surface area (Å²) in [6.07, 6.45) is 0. The fourth-order valence-electron chi connectivity index (χ4n) is 1.80. The van der Waals surface area contributed by atoms with Crippen molar-refractivity contribution < 1.29 is 18.9 Å². The summed E-state index contributed by atoms with van der Waals surface area (Å²) in [5.41, 5.74) is 2.83. The van der Waals surface area contributed by atoms with Crippen LogP contribution in [0.2, 0.25) is 0 Å². The lowest BCUT2D eigenvalue weighted by molar-refractivity contribution is 0.144. The number of hydrogen-bond acceptors (Lipinski definition) is 3. The highest BCUT2D eigenvalue weighted by Crippen LogP contribution is 2.36. The van der Waals surface area contributed by atoms with E-state index in [1.54, 1.807) is 0 Å². The van der Waals surface area contributed by atoms with Crippen LogP contribution in [0.15, 0.2) is 0 Å². The minimum absolute atomic E-state index is 0.232. The molecule has 1 heterocycles. The highest BCUT2D eigenvalue weighted by molar-refractivity contribution is 7.46. The van der Waals surface area contributed by atoms with Gasteiger partial charge in [-0.25, -0.2) is 9.25 Å². The van der Waals surface area contributed by atoms with Crippen LogP contribution in [0.4, 0.5) is 0 Å². The van der Waals surface area contributed by atoms with E-state index < -0.39 is 7.82 Å². The summed E-state index contributed by atoms with van der Waals surface area (Å²) in [7, 11) is -4.44. The zero-order valence-electron chi connectivity index (χ0n) is 9.84. The summed E-state index contributed by atoms with van der Waals surface area (Å²) < 4.78 is 16.4. The Balaban J connectivity index is 2.91. The fourth-order valence-corrected chi connectivity index (χ4v) is 2.06. The molecule has 0 amide bonds. The van der Waals surface area contributed by atoms with Gasteiger partial charge in [-0.2, -0.15) is 5.10 Å². The van der Waals surface area contributed by atoms with Crippen molar-refractivity contribution in [3.8, 4) is 0 Å². The van der Waals surface area contributed by atoms with E-state index in [-0.39, 0.29) is 6.73 Å². The summed E-state index contributed by atoms with van der Waals surface area (Å²) in [6.45, 7) is 7.59. The van der Waals surface area contributed by atoms with E-state index in [0.717, 1.165) is 17.0 Å². The molecule has 92 valence electrons. The van der Waals surface area contributed by atoms with E-state index in [1.807, 2.05) is 27.7 Å². The first-order valence-electron chi connectivity index (χ1n) is 4.96. The monoisotopic (exact) mass is 248 g/mol. The molecule has 0 saturated carbocycles. The van der Waals surface area contributed by atoms with Gasteiger partial charge in [0.2, 0.25) is 0 Å². The Bertz CT molecular complexity index is 421. The van der Waals surface area contributed by atoms with Crippen molar-refractivity contribution in [1.29, 1.82) is 0 Å². The normalized spacial score (nSPS) is 12.4. The van der Waals surface area contributed by atoms with Crippen molar-refractivity contribution in [2.24, 2.45) is 0 Å². The lowest BCUT2D eigenvalue weighted by Crippen LogP contribution is -2.05. The molecule has 1 aromatic heterocycles. The number of phosphoric ester groups is 1. The zero-order valence-corrected chi connectivity index (χ0v) is 10.7. The molecule has 0 unspecified atom stereocenters. The number of aryl methyl sites for hydroxylation is 1. The number of nitrogens with zero attached hydrogens (tertiary/aromatic N) is 2. The molecule has 16 heavy (non-hydrogen) atoms. The molecule has 0 aliphatic heterocycles. The van der Waals surface area contributed by atoms with Gasteiger partial charge >= 0.3 is 7.82 Å². The van der Waals surface area contributed by atoms with Gasteiger partial charge in [-0.3, -0.25) is 4.52 Å². The van der Waals surface area contributed by atoms with Crippen LogP contribution in [0.1, 0.15) is 36.7 Å². The smallest absolute Gasteiger partial charge is 0.303 e. The SMILES string of the molecule is Cc1nn(COP(=O)(O)O)c(C)c1C(C)C. The van der Waals surface area contributed by atoms with Crippen LogP contribution < -0.4 is 0 Å². The van der Waals surface area contributed by atoms with Gasteiger partial charge in [0.1, 0.15) is 0 Å². The maximum Gasteiger partial charge on any atom is 0.471 e. The zero-order chi connectivity index (χ0) is 12.5. The van der Waals surface area contributed by atoms with Crippen molar-refractivity contribution in [1.82, 2.24) is 9.78 Å². The average Bonchev–Trinajstić information content (AvgIpc) is 2.36. The second kappa shape index (κ2) is 4.67. The fraction of sp³-hybridized carbons (Fsp3) is 0.667. The molecular formula is C9H17N2O4P. The predicted octanol–water partition coefficient (Wildman–Crippen LogP) is 1.69. The number of phosphoric acid groups is 1. The third kappa shape index (κ3) is 3.15. The van der Waals surface area contributed by atoms with Crippen LogP contribution in [0, 0.1) is 13.8 Å². The van der Waals surface area contributed by atoms with Gasteiger partial charge in [0.15, 0.2) is 6.73 Å². The van der Waals surface area contributed by atoms with Gasteiger partial charge in [0, 0.05) is 5.69 Å². The Morgan fingerprint density at radius 1 is 1.44 bits per heavy atom. The molecule has 0 aromatic carbocycles. The summed E-state index contributed by atoms with van der Waals surface area (Å²) in [5.74, 6) is 0.323. The van der Waals surface area contributed by atoms with Crippen molar-refractivity contribution in [3.05, 3.63) is 17.0 Å². The molecule has 0 spiro atoms. The van der Waals surface area contributed by atoms with E-state index >= 15 is 0 Å². The Hall–Kier alpha value is -0.680. The maximum absolute atomic E-state index is 10.6. The lowest BCUT2D eigenvalue weighted by atomic mass is 10.0. The minimum atomic E-state index is -4.44. The van der Waals surface area contributed by atoms with E-state index in [2.05, 4.69) is 9.62 Å². The Labute approximate surface area is 94.5 Å². The number of rotatable bonds is 4. The quantitative estimate of drug-likeness (QED) is 0.792. The molecule has 1 aromatic rings. The lowest BCUT2D eigenvalue weighted by Gasteiger charge is -2.08. The molecule has 0 atom stereocenters. The third-order valence-corrected chi connectivity index (χ3v) is 2.81. The molecule has 0 fully saturated rings. The van der Waals surface area contributed by atoms with Crippen LogP contribution in [0.5, 0.6) is 0 Å². The first-order valence-corrected chi connectivity index (χ1v) is 6.49. The highest BCUT2D eigenvalue weighted by Gasteiger charge is 2.18. The summed E-state index contributed by atoms with van der Waals surface area (Å²) in [5, 5.41) is 4.18. The largest absolute Gasteiger partial charge is 0.471 e. The number of hydrogen-bond donors (Lipinski definition) is 2. The van der Waals surface area contributed by atoms with E-state index in [1.165, 1.54) is 4.68 Å². The van der Waals surface area contributed by atoms with Crippen molar-refractivity contribution in [2.75, 3.05) is 0 Å². The molecule has 0 saturated heterocycles. The van der Waals surface area contributed by atoms with Crippen LogP contribution in [-0.2, 0) is 15.8 Å². The molecule has 1 rings (SSSR count). The number of aromatic nitrogens is 2. The van der Waals surface area contributed by atoms with Gasteiger partial charge in [0.05, 0.1) is 5.69 Å². The standard InChI is InChI=1S/C9H17N2O4P/c1-6(2)9-7(3)10-11(8(9)4)5-15-16(12,13)14/h6H,5H2,1-4H3,(H2,12,13,14). The van der Waals surface area contributed by atoms with Crippen LogP contribution >= 0.6 is 7.82 Å². The van der Waals surface area contributed by atoms with E-state index in [4.69, 9.17) is 9.79 Å². The molecule has 7 heteroatoms. The third-order valence-electron chi connectivity index (χ3n) is 2.36. The van der Waals surface area contributed by atoms with E-state index in [0.29, 0.717) is 5.92 Å². The molecule has 2 N–H and O–H groups in total. The average molecular weight is 248 g/mol. The molecule has 0 aliphatic rings. The second-order valence-electron chi connectivity index (χ2n) is 3.99. The molecule has 0 bridgehead atoms. The van der Waals surface area contributed by atoms with Gasteiger partial charge in [-0.1, -0.05) is 13.8 Å². The van der Waals surface area contributed by atoms with Crippen LogP contribution in [-0.4, -0.2) is 19.6 Å². The van der Waals surface area contributed by atoms with Crippen LogP contribution in [0.3, 0.4) is 0 Å². The van der Waals surface area contributed by atoms with Gasteiger partial charge < -0.3 is 9.79 Å². The highest BCUT2D eigenvalue weighted by atomic mass is 31.2. The van der Waals surface area contributed by atoms with Gasteiger partial charge in [-0.05, 0) is 25.3 Å². The Kier molecular flexibility index (Phi) is 3.91. The van der Waals surface area contributed by atoms with Crippen molar-refractivity contribution in [2.45, 2.75) is 40.3 Å². The molecule has 0 aliphatic carbocycles. The van der Waals surface area contributed by atoms with Gasteiger partial charge in [0.25, 0.3) is 0 Å². The van der Waals surface area contributed by atoms with Crippen LogP contribution in [0.25, 0.3) is 0 Å². The summed E-state index contributed by atoms with van der Waals surface area (Å²) >= 11 is 0. The molecule has 6 nitrogen and oxygen atoms in total. The first kappa shape index (κ1) is 13.4. The summed E-state index contributed by atoms with van der Waals surface area (Å²) in [4.78, 5) is 17.2. The topological polar surface area (TPSA) is 84.6 Å². The molecular weight excluding hydrogens is 231 g/mol. The second-order valence-corrected chi connectivity index (χ2v) is 5.23. The Morgan fingerprint density at radius 2 is 2.00 bits per heavy atom.